The zero-order chi connectivity index (χ0) is 24.7. The molecule has 0 aromatic heterocycles. The summed E-state index contributed by atoms with van der Waals surface area (Å²) in [6.07, 6.45) is 1.93. The van der Waals surface area contributed by atoms with E-state index in [4.69, 9.17) is 4.74 Å². The topological polar surface area (TPSA) is 114 Å². The Morgan fingerprint density at radius 2 is 1.76 bits per heavy atom. The summed E-state index contributed by atoms with van der Waals surface area (Å²) in [6, 6.07) is 11.7. The maximum Gasteiger partial charge on any atom is 0.275 e. The van der Waals surface area contributed by atoms with E-state index < -0.39 is 22.8 Å². The first-order valence-corrected chi connectivity index (χ1v) is 11.5. The molecule has 9 nitrogen and oxygen atoms in total. The van der Waals surface area contributed by atoms with Gasteiger partial charge in [0.25, 0.3) is 11.6 Å². The van der Waals surface area contributed by atoms with Gasteiger partial charge in [0.15, 0.2) is 0 Å². The van der Waals surface area contributed by atoms with Crippen LogP contribution < -0.4 is 15.4 Å². The van der Waals surface area contributed by atoms with E-state index in [0.717, 1.165) is 25.9 Å². The molecule has 9 heteroatoms. The number of methoxy groups -OCH3 is 1. The van der Waals surface area contributed by atoms with Crippen molar-refractivity contribution in [3.05, 3.63) is 69.8 Å². The molecule has 1 saturated heterocycles. The second kappa shape index (κ2) is 11.6. The number of piperidine rings is 1. The molecule has 1 heterocycles. The zero-order valence-electron chi connectivity index (χ0n) is 19.8. The molecular weight excluding hydrogens is 436 g/mol. The number of amides is 2. The van der Waals surface area contributed by atoms with Gasteiger partial charge in [0, 0.05) is 24.2 Å². The second-order valence-corrected chi connectivity index (χ2v) is 8.77. The standard InChI is InChI=1S/C25H32N4O5/c1-17(2)28-14-12-18(13-15-28)16-26-25(31)23(21-6-4-5-7-22(21)29(32)33)27-24(30)19-8-10-20(34-3)11-9-19/h4-11,17-18,23H,12-16H2,1-3H3,(H,26,31)(H,27,30). The molecule has 3 rings (SSSR count). The highest BCUT2D eigenvalue weighted by molar-refractivity contribution is 5.98. The van der Waals surface area contributed by atoms with Crippen LogP contribution in [0.1, 0.15) is 48.7 Å². The lowest BCUT2D eigenvalue weighted by atomic mass is 9.95. The average molecular weight is 469 g/mol. The number of hydrogen-bond acceptors (Lipinski definition) is 6. The highest BCUT2D eigenvalue weighted by Gasteiger charge is 2.30. The third kappa shape index (κ3) is 6.32. The first kappa shape index (κ1) is 25.2. The van der Waals surface area contributed by atoms with E-state index in [-0.39, 0.29) is 11.3 Å². The predicted molar refractivity (Wildman–Crippen MR) is 129 cm³/mol. The number of carbonyl (C=O) groups excluding carboxylic acids is 2. The maximum atomic E-state index is 13.2. The van der Waals surface area contributed by atoms with E-state index >= 15 is 0 Å². The van der Waals surface area contributed by atoms with Gasteiger partial charge in [0.05, 0.1) is 17.6 Å². The molecule has 34 heavy (non-hydrogen) atoms. The highest BCUT2D eigenvalue weighted by Crippen LogP contribution is 2.26. The molecule has 182 valence electrons. The first-order valence-electron chi connectivity index (χ1n) is 11.5. The van der Waals surface area contributed by atoms with Crippen LogP contribution in [0.15, 0.2) is 48.5 Å². The summed E-state index contributed by atoms with van der Waals surface area (Å²) < 4.78 is 5.12. The fourth-order valence-corrected chi connectivity index (χ4v) is 4.16. The Bertz CT molecular complexity index is 1000. The summed E-state index contributed by atoms with van der Waals surface area (Å²) in [7, 11) is 1.52. The van der Waals surface area contributed by atoms with Crippen LogP contribution in [0, 0.1) is 16.0 Å². The van der Waals surface area contributed by atoms with Crippen molar-refractivity contribution < 1.29 is 19.2 Å². The van der Waals surface area contributed by atoms with Gasteiger partial charge in [0.2, 0.25) is 5.91 Å². The Hall–Kier alpha value is -3.46. The summed E-state index contributed by atoms with van der Waals surface area (Å²) >= 11 is 0. The normalized spacial score (nSPS) is 15.5. The Kier molecular flexibility index (Phi) is 8.59. The summed E-state index contributed by atoms with van der Waals surface area (Å²) in [5.41, 5.74) is 0.239. The molecular formula is C25H32N4O5. The zero-order valence-corrected chi connectivity index (χ0v) is 19.8. The summed E-state index contributed by atoms with van der Waals surface area (Å²) in [5, 5.41) is 17.2. The minimum absolute atomic E-state index is 0.140. The molecule has 1 aliphatic heterocycles. The van der Waals surface area contributed by atoms with Crippen molar-refractivity contribution in [1.29, 1.82) is 0 Å². The number of benzene rings is 2. The molecule has 1 aliphatic rings. The molecule has 2 N–H and O–H groups in total. The lowest BCUT2D eigenvalue weighted by Crippen LogP contribution is -2.44. The average Bonchev–Trinajstić information content (AvgIpc) is 2.86. The number of rotatable bonds is 9. The molecule has 1 unspecified atom stereocenters. The number of carbonyl (C=O) groups is 2. The van der Waals surface area contributed by atoms with Crippen LogP contribution in [-0.2, 0) is 4.79 Å². The van der Waals surface area contributed by atoms with Crippen molar-refractivity contribution in [2.45, 2.75) is 38.8 Å². The smallest absolute Gasteiger partial charge is 0.275 e. The molecule has 1 fully saturated rings. The van der Waals surface area contributed by atoms with E-state index in [1.165, 1.54) is 25.3 Å². The van der Waals surface area contributed by atoms with Gasteiger partial charge in [-0.3, -0.25) is 19.7 Å². The van der Waals surface area contributed by atoms with Gasteiger partial charge < -0.3 is 20.3 Å². The van der Waals surface area contributed by atoms with Gasteiger partial charge in [-0.25, -0.2) is 0 Å². The SMILES string of the molecule is COc1ccc(C(=O)NC(C(=O)NCC2CCN(C(C)C)CC2)c2ccccc2[N+](=O)[O-])cc1. The van der Waals surface area contributed by atoms with Crippen molar-refractivity contribution in [3.63, 3.8) is 0 Å². The van der Waals surface area contributed by atoms with Gasteiger partial charge in [-0.15, -0.1) is 0 Å². The Labute approximate surface area is 199 Å². The number of ether oxygens (including phenoxy) is 1. The van der Waals surface area contributed by atoms with Gasteiger partial charge in [-0.1, -0.05) is 12.1 Å². The third-order valence-electron chi connectivity index (χ3n) is 6.28. The van der Waals surface area contributed by atoms with Crippen molar-refractivity contribution in [1.82, 2.24) is 15.5 Å². The number of nitrogens with one attached hydrogen (secondary N) is 2. The molecule has 2 aromatic carbocycles. The van der Waals surface area contributed by atoms with Crippen molar-refractivity contribution >= 4 is 17.5 Å². The van der Waals surface area contributed by atoms with Crippen LogP contribution in [-0.4, -0.2) is 54.4 Å². The molecule has 0 spiro atoms. The summed E-state index contributed by atoms with van der Waals surface area (Å²) in [5.74, 6) is -0.0654. The van der Waals surface area contributed by atoms with E-state index in [1.54, 1.807) is 30.3 Å². The van der Waals surface area contributed by atoms with Gasteiger partial charge in [-0.05, 0) is 76.0 Å². The van der Waals surface area contributed by atoms with E-state index in [2.05, 4.69) is 29.4 Å². The van der Waals surface area contributed by atoms with Crippen LogP contribution in [0.4, 0.5) is 5.69 Å². The minimum atomic E-state index is -1.20. The van der Waals surface area contributed by atoms with Gasteiger partial charge in [-0.2, -0.15) is 0 Å². The van der Waals surface area contributed by atoms with E-state index in [0.29, 0.717) is 29.8 Å². The van der Waals surface area contributed by atoms with Crippen molar-refractivity contribution in [3.8, 4) is 5.75 Å². The van der Waals surface area contributed by atoms with Crippen LogP contribution in [0.5, 0.6) is 5.75 Å². The molecule has 2 aromatic rings. The van der Waals surface area contributed by atoms with E-state index in [9.17, 15) is 19.7 Å². The third-order valence-corrected chi connectivity index (χ3v) is 6.28. The minimum Gasteiger partial charge on any atom is -0.497 e. The van der Waals surface area contributed by atoms with Crippen LogP contribution in [0.25, 0.3) is 0 Å². The number of nitro groups is 1. The Morgan fingerprint density at radius 3 is 2.35 bits per heavy atom. The summed E-state index contributed by atoms with van der Waals surface area (Å²) in [4.78, 5) is 39.6. The maximum absolute atomic E-state index is 13.2. The molecule has 0 radical (unpaired) electrons. The van der Waals surface area contributed by atoms with Crippen molar-refractivity contribution in [2.24, 2.45) is 5.92 Å². The monoisotopic (exact) mass is 468 g/mol. The van der Waals surface area contributed by atoms with Crippen molar-refractivity contribution in [2.75, 3.05) is 26.7 Å². The van der Waals surface area contributed by atoms with E-state index in [1.807, 2.05) is 0 Å². The fraction of sp³-hybridized carbons (Fsp3) is 0.440. The lowest BCUT2D eigenvalue weighted by molar-refractivity contribution is -0.385. The number of hydrogen-bond donors (Lipinski definition) is 2. The summed E-state index contributed by atoms with van der Waals surface area (Å²) in [6.45, 7) is 6.75. The van der Waals surface area contributed by atoms with Gasteiger partial charge in [0.1, 0.15) is 11.8 Å². The molecule has 0 aliphatic carbocycles. The van der Waals surface area contributed by atoms with Gasteiger partial charge >= 0.3 is 0 Å². The quantitative estimate of drug-likeness (QED) is 0.431. The molecule has 2 amide bonds. The molecule has 0 bridgehead atoms. The lowest BCUT2D eigenvalue weighted by Gasteiger charge is -2.34. The number of nitro benzene ring substituents is 1. The van der Waals surface area contributed by atoms with Crippen LogP contribution >= 0.6 is 0 Å². The van der Waals surface area contributed by atoms with Crippen LogP contribution in [0.2, 0.25) is 0 Å². The van der Waals surface area contributed by atoms with Crippen LogP contribution in [0.3, 0.4) is 0 Å². The Balaban J connectivity index is 1.75. The fourth-order valence-electron chi connectivity index (χ4n) is 4.16. The number of para-hydroxylation sites is 1. The number of nitrogens with zero attached hydrogens (tertiary/aromatic N) is 2. The second-order valence-electron chi connectivity index (χ2n) is 8.77. The largest absolute Gasteiger partial charge is 0.497 e. The number of likely N-dealkylation sites (tertiary alicyclic amines) is 1. The molecule has 1 atom stereocenters. The molecule has 0 saturated carbocycles. The Morgan fingerprint density at radius 1 is 1.12 bits per heavy atom. The predicted octanol–water partition coefficient (Wildman–Crippen LogP) is 3.31. The highest BCUT2D eigenvalue weighted by atomic mass is 16.6. The first-order chi connectivity index (χ1) is 16.3.